The Hall–Kier alpha value is -0.620. The van der Waals surface area contributed by atoms with E-state index in [0.717, 1.165) is 18.2 Å². The minimum atomic E-state index is -4.44. The highest BCUT2D eigenvalue weighted by atomic mass is 79.9. The molecule has 1 aromatic rings. The molecule has 1 unspecified atom stereocenters. The van der Waals surface area contributed by atoms with Crippen LogP contribution in [-0.4, -0.2) is 11.8 Å². The fourth-order valence-electron chi connectivity index (χ4n) is 1.06. The summed E-state index contributed by atoms with van der Waals surface area (Å²) in [5.41, 5.74) is -0.741. The van der Waals surface area contributed by atoms with E-state index in [9.17, 15) is 17.6 Å². The Kier molecular flexibility index (Phi) is 3.72. The highest BCUT2D eigenvalue weighted by Gasteiger charge is 2.31. The molecular weight excluding hydrogens is 280 g/mol. The van der Waals surface area contributed by atoms with Crippen molar-refractivity contribution in [3.63, 3.8) is 0 Å². The standard InChI is InChI=1S/C9H7BrF4O/c10-7-3-5(9(12,13)14)1-2-6(7)8(15)4-11/h1-3,8,15H,4H2. The molecular formula is C9H7BrF4O. The van der Waals surface area contributed by atoms with Crippen molar-refractivity contribution in [3.05, 3.63) is 33.8 Å². The zero-order chi connectivity index (χ0) is 11.6. The predicted octanol–water partition coefficient (Wildman–Crippen LogP) is 3.47. The molecule has 0 saturated carbocycles. The Morgan fingerprint density at radius 3 is 2.33 bits per heavy atom. The van der Waals surface area contributed by atoms with Crippen molar-refractivity contribution in [1.29, 1.82) is 0 Å². The minimum absolute atomic E-state index is 0.0440. The minimum Gasteiger partial charge on any atom is -0.386 e. The number of hydrogen-bond acceptors (Lipinski definition) is 1. The lowest BCUT2D eigenvalue weighted by Gasteiger charge is -2.12. The van der Waals surface area contributed by atoms with E-state index >= 15 is 0 Å². The summed E-state index contributed by atoms with van der Waals surface area (Å²) >= 11 is 2.85. The van der Waals surface area contributed by atoms with Crippen molar-refractivity contribution in [3.8, 4) is 0 Å². The molecule has 0 aliphatic carbocycles. The number of hydrogen-bond donors (Lipinski definition) is 1. The topological polar surface area (TPSA) is 20.2 Å². The number of aliphatic hydroxyl groups excluding tert-OH is 1. The van der Waals surface area contributed by atoms with Gasteiger partial charge >= 0.3 is 6.18 Å². The molecule has 0 fully saturated rings. The van der Waals surface area contributed by atoms with Gasteiger partial charge in [-0.05, 0) is 17.7 Å². The van der Waals surface area contributed by atoms with Gasteiger partial charge in [-0.2, -0.15) is 13.2 Å². The molecule has 84 valence electrons. The van der Waals surface area contributed by atoms with Crippen LogP contribution in [0.1, 0.15) is 17.2 Å². The fourth-order valence-corrected chi connectivity index (χ4v) is 1.70. The Morgan fingerprint density at radius 2 is 1.93 bits per heavy atom. The van der Waals surface area contributed by atoms with Gasteiger partial charge in [-0.1, -0.05) is 22.0 Å². The van der Waals surface area contributed by atoms with Crippen LogP contribution in [0, 0.1) is 0 Å². The van der Waals surface area contributed by atoms with E-state index in [0.29, 0.717) is 0 Å². The van der Waals surface area contributed by atoms with Crippen LogP contribution in [0.4, 0.5) is 17.6 Å². The number of aliphatic hydroxyl groups is 1. The molecule has 1 N–H and O–H groups in total. The predicted molar refractivity (Wildman–Crippen MR) is 50.1 cm³/mol. The summed E-state index contributed by atoms with van der Waals surface area (Å²) in [7, 11) is 0. The first-order valence-electron chi connectivity index (χ1n) is 3.97. The maximum absolute atomic E-state index is 12.2. The SMILES string of the molecule is OC(CF)c1ccc(C(F)(F)F)cc1Br. The van der Waals surface area contributed by atoms with Gasteiger partial charge in [0.2, 0.25) is 0 Å². The van der Waals surface area contributed by atoms with Crippen LogP contribution >= 0.6 is 15.9 Å². The maximum Gasteiger partial charge on any atom is 0.416 e. The molecule has 0 aliphatic heterocycles. The highest BCUT2D eigenvalue weighted by Crippen LogP contribution is 2.33. The molecule has 0 spiro atoms. The molecule has 15 heavy (non-hydrogen) atoms. The normalized spacial score (nSPS) is 14.0. The van der Waals surface area contributed by atoms with Gasteiger partial charge in [-0.3, -0.25) is 0 Å². The largest absolute Gasteiger partial charge is 0.416 e. The average Bonchev–Trinajstić information content (AvgIpc) is 2.15. The second kappa shape index (κ2) is 4.49. The van der Waals surface area contributed by atoms with E-state index in [1.54, 1.807) is 0 Å². The maximum atomic E-state index is 12.2. The summed E-state index contributed by atoms with van der Waals surface area (Å²) in [4.78, 5) is 0. The summed E-state index contributed by atoms with van der Waals surface area (Å²) in [5.74, 6) is 0. The van der Waals surface area contributed by atoms with Crippen LogP contribution in [0.15, 0.2) is 22.7 Å². The van der Waals surface area contributed by atoms with Gasteiger partial charge in [0.25, 0.3) is 0 Å². The van der Waals surface area contributed by atoms with Gasteiger partial charge in [-0.25, -0.2) is 4.39 Å². The molecule has 0 bridgehead atoms. The van der Waals surface area contributed by atoms with Gasteiger partial charge < -0.3 is 5.11 Å². The van der Waals surface area contributed by atoms with Gasteiger partial charge in [0.1, 0.15) is 12.8 Å². The van der Waals surface area contributed by atoms with Crippen LogP contribution in [0.25, 0.3) is 0 Å². The molecule has 1 aromatic carbocycles. The molecule has 0 heterocycles. The number of rotatable bonds is 2. The smallest absolute Gasteiger partial charge is 0.386 e. The third kappa shape index (κ3) is 2.92. The summed E-state index contributed by atoms with van der Waals surface area (Å²) in [6, 6.07) is 2.67. The van der Waals surface area contributed by atoms with Crippen molar-refractivity contribution < 1.29 is 22.7 Å². The third-order valence-electron chi connectivity index (χ3n) is 1.83. The highest BCUT2D eigenvalue weighted by molar-refractivity contribution is 9.10. The lowest BCUT2D eigenvalue weighted by molar-refractivity contribution is -0.137. The van der Waals surface area contributed by atoms with E-state index in [4.69, 9.17) is 5.11 Å². The van der Waals surface area contributed by atoms with E-state index in [1.807, 2.05) is 0 Å². The summed E-state index contributed by atoms with van der Waals surface area (Å²) < 4.78 is 48.8. The summed E-state index contributed by atoms with van der Waals surface area (Å²) in [5, 5.41) is 9.12. The molecule has 6 heteroatoms. The van der Waals surface area contributed by atoms with Gasteiger partial charge in [0.15, 0.2) is 0 Å². The molecule has 0 aliphatic rings. The monoisotopic (exact) mass is 286 g/mol. The molecule has 0 radical (unpaired) electrons. The first-order chi connectivity index (χ1) is 6.86. The third-order valence-corrected chi connectivity index (χ3v) is 2.52. The van der Waals surface area contributed by atoms with Crippen molar-refractivity contribution in [2.45, 2.75) is 12.3 Å². The Morgan fingerprint density at radius 1 is 1.33 bits per heavy atom. The summed E-state index contributed by atoms with van der Waals surface area (Å²) in [6.45, 7) is -1.04. The second-order valence-electron chi connectivity index (χ2n) is 2.90. The van der Waals surface area contributed by atoms with E-state index < -0.39 is 24.5 Å². The average molecular weight is 287 g/mol. The lowest BCUT2D eigenvalue weighted by atomic mass is 10.1. The Balaban J connectivity index is 3.09. The first-order valence-corrected chi connectivity index (χ1v) is 4.76. The Labute approximate surface area is 91.9 Å². The van der Waals surface area contributed by atoms with E-state index in [1.165, 1.54) is 0 Å². The number of halogens is 5. The van der Waals surface area contributed by atoms with Crippen LogP contribution < -0.4 is 0 Å². The van der Waals surface area contributed by atoms with Crippen LogP contribution in [0.2, 0.25) is 0 Å². The lowest BCUT2D eigenvalue weighted by Crippen LogP contribution is -2.07. The summed E-state index contributed by atoms with van der Waals surface area (Å²) in [6.07, 6.45) is -5.84. The Bertz CT molecular complexity index is 350. The van der Waals surface area contributed by atoms with Crippen LogP contribution in [0.3, 0.4) is 0 Å². The van der Waals surface area contributed by atoms with Crippen molar-refractivity contribution in [2.24, 2.45) is 0 Å². The molecule has 0 aromatic heterocycles. The van der Waals surface area contributed by atoms with Crippen LogP contribution in [-0.2, 0) is 6.18 Å². The fraction of sp³-hybridized carbons (Fsp3) is 0.333. The van der Waals surface area contributed by atoms with Gasteiger partial charge in [-0.15, -0.1) is 0 Å². The van der Waals surface area contributed by atoms with Gasteiger partial charge in [0.05, 0.1) is 5.56 Å². The van der Waals surface area contributed by atoms with Crippen molar-refractivity contribution in [2.75, 3.05) is 6.67 Å². The molecule has 1 rings (SSSR count). The zero-order valence-corrected chi connectivity index (χ0v) is 8.94. The van der Waals surface area contributed by atoms with E-state index in [2.05, 4.69) is 15.9 Å². The molecule has 0 amide bonds. The van der Waals surface area contributed by atoms with Crippen LogP contribution in [0.5, 0.6) is 0 Å². The number of benzene rings is 1. The van der Waals surface area contributed by atoms with E-state index in [-0.39, 0.29) is 10.0 Å². The molecule has 1 atom stereocenters. The molecule has 1 nitrogen and oxygen atoms in total. The number of alkyl halides is 4. The zero-order valence-electron chi connectivity index (χ0n) is 7.35. The second-order valence-corrected chi connectivity index (χ2v) is 3.76. The van der Waals surface area contributed by atoms with Gasteiger partial charge in [0, 0.05) is 4.47 Å². The first kappa shape index (κ1) is 12.4. The molecule has 0 saturated heterocycles. The van der Waals surface area contributed by atoms with Crippen molar-refractivity contribution in [1.82, 2.24) is 0 Å². The quantitative estimate of drug-likeness (QED) is 0.826. The van der Waals surface area contributed by atoms with Crippen molar-refractivity contribution >= 4 is 15.9 Å².